The van der Waals surface area contributed by atoms with Crippen molar-refractivity contribution in [2.45, 2.75) is 82.6 Å². The summed E-state index contributed by atoms with van der Waals surface area (Å²) >= 11 is 4.28. The normalized spacial score (nSPS) is 23.7. The van der Waals surface area contributed by atoms with Crippen molar-refractivity contribution < 1.29 is 19.2 Å². The van der Waals surface area contributed by atoms with Crippen LogP contribution in [0.15, 0.2) is 48.5 Å². The molecule has 0 unspecified atom stereocenters. The van der Waals surface area contributed by atoms with E-state index in [0.717, 1.165) is 47.3 Å². The predicted molar refractivity (Wildman–Crippen MR) is 155 cm³/mol. The number of nitrogens with one attached hydrogen (secondary N) is 2. The first-order chi connectivity index (χ1) is 19.4. The first-order valence-electron chi connectivity index (χ1n) is 14.4. The highest BCUT2D eigenvalue weighted by atomic mass is 32.1. The Hall–Kier alpha value is -3.33. The van der Waals surface area contributed by atoms with Crippen LogP contribution in [0.3, 0.4) is 0 Å². The Morgan fingerprint density at radius 3 is 2.48 bits per heavy atom. The standard InChI is InChI=1S/C31H38N4O4S/c36-28-17-21-8-6-9-22(16-21)19-32-29(37)25(12-2-1-5-15-40)33-30(38)26-13-7-14-34(26)31(39)27-18-23-10-3-4-11-24(23)20-35(27)28/h3-4,6,8-11,16,25-27,40H,1-2,5,7,12-15,17-20H2,(H,32,37)(H,33,38)/t25-,26+,27-/m0/s1. The molecule has 8 nitrogen and oxygen atoms in total. The second-order valence-electron chi connectivity index (χ2n) is 11.0. The van der Waals surface area contributed by atoms with Gasteiger partial charge in [-0.25, -0.2) is 0 Å². The maximum Gasteiger partial charge on any atom is 0.246 e. The summed E-state index contributed by atoms with van der Waals surface area (Å²) in [5, 5.41) is 5.95. The zero-order valence-corrected chi connectivity index (χ0v) is 23.7. The van der Waals surface area contributed by atoms with Crippen LogP contribution in [0.1, 0.15) is 60.8 Å². The summed E-state index contributed by atoms with van der Waals surface area (Å²) in [4.78, 5) is 57.9. The van der Waals surface area contributed by atoms with Gasteiger partial charge in [-0.1, -0.05) is 61.4 Å². The average Bonchev–Trinajstić information content (AvgIpc) is 3.46. The van der Waals surface area contributed by atoms with Crippen LogP contribution in [0, 0.1) is 0 Å². The molecule has 3 atom stereocenters. The van der Waals surface area contributed by atoms with E-state index in [9.17, 15) is 19.2 Å². The quantitative estimate of drug-likeness (QED) is 0.386. The molecule has 3 heterocycles. The van der Waals surface area contributed by atoms with Gasteiger partial charge in [0.05, 0.1) is 6.42 Å². The molecule has 4 amide bonds. The highest BCUT2D eigenvalue weighted by Gasteiger charge is 2.42. The molecule has 3 aliphatic heterocycles. The Bertz CT molecular complexity index is 1270. The second-order valence-corrected chi connectivity index (χ2v) is 11.5. The molecule has 0 radical (unpaired) electrons. The number of carbonyl (C=O) groups excluding carboxylic acids is 4. The van der Waals surface area contributed by atoms with E-state index in [-0.39, 0.29) is 30.0 Å². The molecule has 0 spiro atoms. The van der Waals surface area contributed by atoms with E-state index in [4.69, 9.17) is 0 Å². The predicted octanol–water partition coefficient (Wildman–Crippen LogP) is 2.78. The zero-order valence-electron chi connectivity index (χ0n) is 22.8. The summed E-state index contributed by atoms with van der Waals surface area (Å²) in [5.41, 5.74) is 3.82. The third-order valence-electron chi connectivity index (χ3n) is 8.29. The summed E-state index contributed by atoms with van der Waals surface area (Å²) in [6, 6.07) is 13.5. The van der Waals surface area contributed by atoms with Crippen molar-refractivity contribution in [1.29, 1.82) is 0 Å². The van der Waals surface area contributed by atoms with Gasteiger partial charge in [0.25, 0.3) is 0 Å². The van der Waals surface area contributed by atoms with E-state index in [1.54, 1.807) is 9.80 Å². The maximum absolute atomic E-state index is 14.1. The summed E-state index contributed by atoms with van der Waals surface area (Å²) < 4.78 is 0. The van der Waals surface area contributed by atoms with Crippen LogP contribution in [-0.2, 0) is 45.1 Å². The molecule has 2 aromatic carbocycles. The van der Waals surface area contributed by atoms with Gasteiger partial charge in [0.1, 0.15) is 18.1 Å². The Morgan fingerprint density at radius 1 is 0.850 bits per heavy atom. The van der Waals surface area contributed by atoms with Gasteiger partial charge in [0.2, 0.25) is 23.6 Å². The minimum absolute atomic E-state index is 0.123. The molecular formula is C31H38N4O4S. The van der Waals surface area contributed by atoms with E-state index in [1.165, 1.54) is 0 Å². The molecule has 2 aromatic rings. The van der Waals surface area contributed by atoms with Crippen molar-refractivity contribution in [2.75, 3.05) is 12.3 Å². The van der Waals surface area contributed by atoms with E-state index >= 15 is 0 Å². The first-order valence-corrected chi connectivity index (χ1v) is 15.0. The highest BCUT2D eigenvalue weighted by Crippen LogP contribution is 2.28. The molecule has 0 saturated carbocycles. The molecular weight excluding hydrogens is 524 g/mol. The SMILES string of the molecule is O=C1NCc2cccc(c2)CC(=O)N2Cc3ccccc3C[C@H]2C(=O)N2CCC[C@@H]2C(=O)N[C@H]1CCCCCS. The van der Waals surface area contributed by atoms with Gasteiger partial charge in [-0.2, -0.15) is 12.6 Å². The molecule has 2 bridgehead atoms. The largest absolute Gasteiger partial charge is 0.350 e. The number of thiol groups is 1. The lowest BCUT2D eigenvalue weighted by Crippen LogP contribution is -2.58. The molecule has 0 aliphatic carbocycles. The van der Waals surface area contributed by atoms with Crippen LogP contribution in [0.2, 0.25) is 0 Å². The third kappa shape index (κ3) is 6.35. The Balaban J connectivity index is 1.47. The fourth-order valence-electron chi connectivity index (χ4n) is 6.11. The van der Waals surface area contributed by atoms with Gasteiger partial charge in [-0.3, -0.25) is 19.2 Å². The molecule has 212 valence electrons. The van der Waals surface area contributed by atoms with Gasteiger partial charge in [0, 0.05) is 26.1 Å². The van der Waals surface area contributed by atoms with E-state index < -0.39 is 18.1 Å². The third-order valence-corrected chi connectivity index (χ3v) is 8.61. The van der Waals surface area contributed by atoms with Gasteiger partial charge < -0.3 is 20.4 Å². The number of benzene rings is 2. The van der Waals surface area contributed by atoms with Crippen molar-refractivity contribution in [3.05, 3.63) is 70.8 Å². The lowest BCUT2D eigenvalue weighted by molar-refractivity contribution is -0.149. The molecule has 9 heteroatoms. The average molecular weight is 563 g/mol. The van der Waals surface area contributed by atoms with Gasteiger partial charge >= 0.3 is 0 Å². The molecule has 40 heavy (non-hydrogen) atoms. The van der Waals surface area contributed by atoms with Crippen molar-refractivity contribution in [2.24, 2.45) is 0 Å². The zero-order chi connectivity index (χ0) is 28.1. The molecule has 0 aromatic heterocycles. The van der Waals surface area contributed by atoms with Gasteiger partial charge in [-0.15, -0.1) is 0 Å². The summed E-state index contributed by atoms with van der Waals surface area (Å²) in [5.74, 6) is -0.0787. The van der Waals surface area contributed by atoms with Crippen LogP contribution in [0.25, 0.3) is 0 Å². The van der Waals surface area contributed by atoms with Crippen molar-refractivity contribution in [3.8, 4) is 0 Å². The van der Waals surface area contributed by atoms with Crippen molar-refractivity contribution in [3.63, 3.8) is 0 Å². The summed E-state index contributed by atoms with van der Waals surface area (Å²) in [6.45, 7) is 1.12. The lowest BCUT2D eigenvalue weighted by Gasteiger charge is -2.39. The Labute approximate surface area is 241 Å². The number of unbranched alkanes of at least 4 members (excludes halogenated alkanes) is 2. The number of hydrogen-bond acceptors (Lipinski definition) is 5. The maximum atomic E-state index is 14.1. The molecule has 3 aliphatic rings. The lowest BCUT2D eigenvalue weighted by atomic mass is 9.92. The van der Waals surface area contributed by atoms with Crippen LogP contribution < -0.4 is 10.6 Å². The molecule has 1 fully saturated rings. The topological polar surface area (TPSA) is 98.8 Å². The molecule has 1 saturated heterocycles. The fourth-order valence-corrected chi connectivity index (χ4v) is 6.34. The Morgan fingerprint density at radius 2 is 1.65 bits per heavy atom. The molecule has 5 rings (SSSR count). The number of nitrogens with zero attached hydrogens (tertiary/aromatic N) is 2. The minimum atomic E-state index is -0.680. The van der Waals surface area contributed by atoms with Gasteiger partial charge in [-0.05, 0) is 53.7 Å². The number of carbonyl (C=O) groups is 4. The summed E-state index contributed by atoms with van der Waals surface area (Å²) in [6.07, 6.45) is 5.00. The van der Waals surface area contributed by atoms with E-state index in [1.807, 2.05) is 48.5 Å². The number of rotatable bonds is 5. The smallest absolute Gasteiger partial charge is 0.246 e. The van der Waals surface area contributed by atoms with Crippen LogP contribution in [-0.4, -0.2) is 63.9 Å². The van der Waals surface area contributed by atoms with Crippen LogP contribution >= 0.6 is 12.6 Å². The first kappa shape index (κ1) is 28.2. The fraction of sp³-hybridized carbons (Fsp3) is 0.484. The van der Waals surface area contributed by atoms with Crippen LogP contribution in [0.4, 0.5) is 0 Å². The number of hydrogen-bond donors (Lipinski definition) is 3. The summed E-state index contributed by atoms with van der Waals surface area (Å²) in [7, 11) is 0. The van der Waals surface area contributed by atoms with E-state index in [2.05, 4.69) is 23.3 Å². The highest BCUT2D eigenvalue weighted by molar-refractivity contribution is 7.80. The monoisotopic (exact) mass is 562 g/mol. The Kier molecular flexibility index (Phi) is 9.09. The van der Waals surface area contributed by atoms with Crippen molar-refractivity contribution >= 4 is 36.3 Å². The number of amides is 4. The number of fused-ring (bicyclic) bond motifs is 5. The van der Waals surface area contributed by atoms with E-state index in [0.29, 0.717) is 45.3 Å². The molecule has 2 N–H and O–H groups in total. The second kappa shape index (κ2) is 12.9. The van der Waals surface area contributed by atoms with Crippen LogP contribution in [0.5, 0.6) is 0 Å². The minimum Gasteiger partial charge on any atom is -0.350 e. The van der Waals surface area contributed by atoms with Gasteiger partial charge in [0.15, 0.2) is 0 Å². The van der Waals surface area contributed by atoms with Crippen molar-refractivity contribution in [1.82, 2.24) is 20.4 Å².